The Kier molecular flexibility index (Phi) is 2.29. The summed E-state index contributed by atoms with van der Waals surface area (Å²) in [5, 5.41) is 7.61. The Balaban J connectivity index is 3.06. The number of quaternary nitrogens is 1. The molecule has 0 atom stereocenters. The van der Waals surface area contributed by atoms with Gasteiger partial charge < -0.3 is 0 Å². The SMILES string of the molecule is CC(=N)[N+](C)(C)c1ccccc1. The monoisotopic (exact) mass is 163 g/mol. The molecule has 1 aromatic carbocycles. The first-order valence-electron chi connectivity index (χ1n) is 4.00. The third-order valence-electron chi connectivity index (χ3n) is 2.24. The van der Waals surface area contributed by atoms with Crippen molar-refractivity contribution in [1.29, 1.82) is 5.41 Å². The van der Waals surface area contributed by atoms with Gasteiger partial charge in [0.05, 0.1) is 14.1 Å². The summed E-state index contributed by atoms with van der Waals surface area (Å²) in [5.41, 5.74) is 1.14. The molecular weight excluding hydrogens is 148 g/mol. The lowest BCUT2D eigenvalue weighted by Crippen LogP contribution is -2.44. The Hall–Kier alpha value is -1.15. The normalized spacial score (nSPS) is 11.2. The minimum atomic E-state index is 0.529. The maximum absolute atomic E-state index is 7.61. The van der Waals surface area contributed by atoms with Gasteiger partial charge in [0.25, 0.3) is 0 Å². The molecule has 0 aliphatic rings. The first kappa shape index (κ1) is 8.94. The van der Waals surface area contributed by atoms with Crippen molar-refractivity contribution in [3.05, 3.63) is 30.3 Å². The topological polar surface area (TPSA) is 23.9 Å². The van der Waals surface area contributed by atoms with E-state index in [0.717, 1.165) is 5.69 Å². The Morgan fingerprint density at radius 3 is 2.08 bits per heavy atom. The second-order valence-corrected chi connectivity index (χ2v) is 3.37. The van der Waals surface area contributed by atoms with Crippen molar-refractivity contribution >= 4 is 11.5 Å². The van der Waals surface area contributed by atoms with E-state index in [4.69, 9.17) is 5.41 Å². The average molecular weight is 163 g/mol. The zero-order valence-corrected chi connectivity index (χ0v) is 7.83. The molecule has 12 heavy (non-hydrogen) atoms. The number of hydrogen-bond acceptors (Lipinski definition) is 1. The maximum atomic E-state index is 7.61. The van der Waals surface area contributed by atoms with Crippen molar-refractivity contribution in [2.24, 2.45) is 0 Å². The van der Waals surface area contributed by atoms with Crippen LogP contribution in [-0.4, -0.2) is 19.9 Å². The number of nitrogens with zero attached hydrogens (tertiary/aromatic N) is 1. The minimum absolute atomic E-state index is 0.529. The van der Waals surface area contributed by atoms with Gasteiger partial charge in [0, 0.05) is 6.92 Å². The molecule has 0 aromatic heterocycles. The van der Waals surface area contributed by atoms with E-state index in [9.17, 15) is 0 Å². The zero-order chi connectivity index (χ0) is 9.19. The molecule has 0 saturated carbocycles. The lowest BCUT2D eigenvalue weighted by molar-refractivity contribution is 0.585. The van der Waals surface area contributed by atoms with Gasteiger partial charge in [-0.05, 0) is 12.1 Å². The third-order valence-corrected chi connectivity index (χ3v) is 2.24. The fraction of sp³-hybridized carbons (Fsp3) is 0.300. The Morgan fingerprint density at radius 1 is 1.17 bits per heavy atom. The molecular formula is C10H15N2+. The molecule has 0 fully saturated rings. The summed E-state index contributed by atoms with van der Waals surface area (Å²) in [6.07, 6.45) is 0. The molecule has 0 spiro atoms. The molecule has 0 saturated heterocycles. The smallest absolute Gasteiger partial charge is 0.196 e. The minimum Gasteiger partial charge on any atom is -0.255 e. The molecule has 0 heterocycles. The van der Waals surface area contributed by atoms with E-state index in [1.165, 1.54) is 0 Å². The van der Waals surface area contributed by atoms with Crippen molar-refractivity contribution in [2.75, 3.05) is 14.1 Å². The van der Waals surface area contributed by atoms with Gasteiger partial charge >= 0.3 is 0 Å². The molecule has 1 N–H and O–H groups in total. The average Bonchev–Trinajstić information content (AvgIpc) is 2.06. The van der Waals surface area contributed by atoms with Crippen molar-refractivity contribution in [3.63, 3.8) is 0 Å². The zero-order valence-electron chi connectivity index (χ0n) is 7.83. The summed E-state index contributed by atoms with van der Waals surface area (Å²) in [4.78, 5) is 0. The van der Waals surface area contributed by atoms with Gasteiger partial charge in [-0.25, -0.2) is 0 Å². The predicted molar refractivity (Wildman–Crippen MR) is 53.5 cm³/mol. The second kappa shape index (κ2) is 3.07. The molecule has 0 amide bonds. The second-order valence-electron chi connectivity index (χ2n) is 3.37. The highest BCUT2D eigenvalue weighted by molar-refractivity contribution is 5.87. The largest absolute Gasteiger partial charge is 0.255 e. The summed E-state index contributed by atoms with van der Waals surface area (Å²) < 4.78 is 0.529. The van der Waals surface area contributed by atoms with E-state index in [1.807, 2.05) is 51.4 Å². The first-order valence-corrected chi connectivity index (χ1v) is 4.00. The number of amidine groups is 1. The molecule has 64 valence electrons. The summed E-state index contributed by atoms with van der Waals surface area (Å²) in [7, 11) is 4.02. The van der Waals surface area contributed by atoms with Crippen LogP contribution in [0.25, 0.3) is 0 Å². The van der Waals surface area contributed by atoms with Crippen molar-refractivity contribution in [1.82, 2.24) is 4.48 Å². The molecule has 2 heteroatoms. The highest BCUT2D eigenvalue weighted by Crippen LogP contribution is 2.17. The van der Waals surface area contributed by atoms with Crippen LogP contribution in [0.3, 0.4) is 0 Å². The summed E-state index contributed by atoms with van der Waals surface area (Å²) in [6, 6.07) is 10.1. The van der Waals surface area contributed by atoms with Gasteiger partial charge in [0.2, 0.25) is 0 Å². The van der Waals surface area contributed by atoms with Crippen LogP contribution >= 0.6 is 0 Å². The van der Waals surface area contributed by atoms with E-state index in [0.29, 0.717) is 10.3 Å². The van der Waals surface area contributed by atoms with Crippen molar-refractivity contribution in [2.45, 2.75) is 6.92 Å². The summed E-state index contributed by atoms with van der Waals surface area (Å²) in [6.45, 7) is 1.83. The van der Waals surface area contributed by atoms with Crippen LogP contribution in [0.2, 0.25) is 0 Å². The quantitative estimate of drug-likeness (QED) is 0.373. The highest BCUT2D eigenvalue weighted by atomic mass is 15.3. The lowest BCUT2D eigenvalue weighted by Gasteiger charge is -2.26. The molecule has 0 radical (unpaired) electrons. The number of para-hydroxylation sites is 1. The van der Waals surface area contributed by atoms with Gasteiger partial charge in [0.15, 0.2) is 5.84 Å². The Labute approximate surface area is 73.5 Å². The fourth-order valence-corrected chi connectivity index (χ4v) is 0.994. The van der Waals surface area contributed by atoms with Crippen molar-refractivity contribution in [3.8, 4) is 0 Å². The third kappa shape index (κ3) is 1.53. The van der Waals surface area contributed by atoms with Crippen LogP contribution in [0.5, 0.6) is 0 Å². The van der Waals surface area contributed by atoms with Gasteiger partial charge in [-0.15, -0.1) is 0 Å². The van der Waals surface area contributed by atoms with E-state index >= 15 is 0 Å². The number of benzene rings is 1. The number of nitrogens with one attached hydrogen (secondary N) is 1. The fourth-order valence-electron chi connectivity index (χ4n) is 0.994. The van der Waals surface area contributed by atoms with E-state index < -0.39 is 0 Å². The van der Waals surface area contributed by atoms with E-state index in [-0.39, 0.29) is 0 Å². The predicted octanol–water partition coefficient (Wildman–Crippen LogP) is 2.25. The van der Waals surface area contributed by atoms with Crippen LogP contribution in [0.4, 0.5) is 5.69 Å². The van der Waals surface area contributed by atoms with Crippen LogP contribution < -0.4 is 4.48 Å². The Bertz CT molecular complexity index is 275. The molecule has 0 aliphatic heterocycles. The van der Waals surface area contributed by atoms with Crippen LogP contribution in [0.15, 0.2) is 30.3 Å². The molecule has 1 aromatic rings. The molecule has 2 nitrogen and oxygen atoms in total. The standard InChI is InChI=1S/C10H15N2/c1-9(11)12(2,3)10-7-5-4-6-8-10/h4-8,11H,1-3H3/q+1. The number of rotatable bonds is 1. The van der Waals surface area contributed by atoms with Gasteiger partial charge in [-0.1, -0.05) is 18.2 Å². The highest BCUT2D eigenvalue weighted by Gasteiger charge is 2.20. The first-order chi connectivity index (χ1) is 5.55. The molecule has 0 aliphatic carbocycles. The summed E-state index contributed by atoms with van der Waals surface area (Å²) >= 11 is 0. The van der Waals surface area contributed by atoms with Gasteiger partial charge in [-0.2, -0.15) is 0 Å². The summed E-state index contributed by atoms with van der Waals surface area (Å²) in [5.74, 6) is 0.640. The number of hydrogen-bond donors (Lipinski definition) is 1. The van der Waals surface area contributed by atoms with E-state index in [2.05, 4.69) is 0 Å². The van der Waals surface area contributed by atoms with Crippen LogP contribution in [0.1, 0.15) is 6.92 Å². The van der Waals surface area contributed by atoms with Crippen molar-refractivity contribution < 1.29 is 0 Å². The molecule has 0 unspecified atom stereocenters. The van der Waals surface area contributed by atoms with Gasteiger partial charge in [0.1, 0.15) is 5.69 Å². The van der Waals surface area contributed by atoms with Crippen LogP contribution in [0, 0.1) is 5.41 Å². The Morgan fingerprint density at radius 2 is 1.67 bits per heavy atom. The molecule has 0 bridgehead atoms. The molecule has 1 rings (SSSR count). The maximum Gasteiger partial charge on any atom is 0.196 e. The van der Waals surface area contributed by atoms with Gasteiger partial charge in [-0.3, -0.25) is 9.89 Å². The lowest BCUT2D eigenvalue weighted by atomic mass is 10.2. The van der Waals surface area contributed by atoms with E-state index in [1.54, 1.807) is 0 Å². The van der Waals surface area contributed by atoms with Crippen LogP contribution in [-0.2, 0) is 0 Å².